The maximum Gasteiger partial charge on any atom is 0.511 e. The van der Waals surface area contributed by atoms with Crippen molar-refractivity contribution in [2.45, 2.75) is 125 Å². The lowest BCUT2D eigenvalue weighted by atomic mass is 9.47. The van der Waals surface area contributed by atoms with Gasteiger partial charge in [0.05, 0.1) is 7.14 Å². The second-order valence-electron chi connectivity index (χ2n) is 15.0. The normalized spacial score (nSPS) is 34.8. The van der Waals surface area contributed by atoms with Crippen molar-refractivity contribution in [2.75, 3.05) is 0 Å². The number of fused-ring (bicyclic) bond motifs is 5. The lowest BCUT2D eigenvalue weighted by Crippen LogP contribution is -2.51. The van der Waals surface area contributed by atoms with Gasteiger partial charge in [-0.15, -0.1) is 0 Å². The first-order valence-electron chi connectivity index (χ1n) is 16.7. The van der Waals surface area contributed by atoms with E-state index in [-0.39, 0.29) is 11.5 Å². The fourth-order valence-corrected chi connectivity index (χ4v) is 13.7. The highest BCUT2D eigenvalue weighted by Crippen LogP contribution is 2.67. The number of benzene rings is 1. The SMILES string of the molecule is CC(C)CCC[C@@H](C)[C@H]1CCC2C3CC=C4C[C@@H](OC(=O)OC(C)Oc5c(I)cc(I)cc5I)CC[C@]4(C)C3CC[C@@]21C. The summed E-state index contributed by atoms with van der Waals surface area (Å²) in [6, 6.07) is 4.11. The topological polar surface area (TPSA) is 44.8 Å². The molecule has 1 aromatic rings. The Morgan fingerprint density at radius 1 is 0.953 bits per heavy atom. The second kappa shape index (κ2) is 14.1. The van der Waals surface area contributed by atoms with E-state index in [1.807, 2.05) is 0 Å². The molecule has 4 aliphatic rings. The van der Waals surface area contributed by atoms with Crippen molar-refractivity contribution < 1.29 is 19.0 Å². The van der Waals surface area contributed by atoms with Crippen LogP contribution in [0, 0.1) is 57.0 Å². The molecular formula is C36H51I3O4. The molecule has 4 nitrogen and oxygen atoms in total. The largest absolute Gasteiger partial charge is 0.511 e. The zero-order valence-corrected chi connectivity index (χ0v) is 33.4. The van der Waals surface area contributed by atoms with E-state index in [2.05, 4.69) is 121 Å². The van der Waals surface area contributed by atoms with Crippen molar-refractivity contribution in [2.24, 2.45) is 46.3 Å². The van der Waals surface area contributed by atoms with Gasteiger partial charge in [0.15, 0.2) is 5.75 Å². The third kappa shape index (κ3) is 7.38. The Balaban J connectivity index is 1.17. The van der Waals surface area contributed by atoms with E-state index in [9.17, 15) is 4.79 Å². The van der Waals surface area contributed by atoms with Crippen LogP contribution in [0.1, 0.15) is 112 Å². The van der Waals surface area contributed by atoms with Crippen LogP contribution in [0.15, 0.2) is 23.8 Å². The summed E-state index contributed by atoms with van der Waals surface area (Å²) in [6.45, 7) is 14.2. The number of halogens is 3. The third-order valence-electron chi connectivity index (χ3n) is 12.0. The molecule has 9 atom stereocenters. The first kappa shape index (κ1) is 34.6. The number of carbonyl (C=O) groups is 1. The summed E-state index contributed by atoms with van der Waals surface area (Å²) in [5.41, 5.74) is 2.28. The summed E-state index contributed by atoms with van der Waals surface area (Å²) in [4.78, 5) is 12.8. The highest BCUT2D eigenvalue weighted by Gasteiger charge is 2.59. The van der Waals surface area contributed by atoms with Gasteiger partial charge in [0.1, 0.15) is 6.10 Å². The molecule has 0 saturated heterocycles. The van der Waals surface area contributed by atoms with E-state index < -0.39 is 12.4 Å². The summed E-state index contributed by atoms with van der Waals surface area (Å²) in [5.74, 6) is 5.74. The number of rotatable bonds is 9. The van der Waals surface area contributed by atoms with Crippen LogP contribution in [0.2, 0.25) is 0 Å². The molecule has 43 heavy (non-hydrogen) atoms. The summed E-state index contributed by atoms with van der Waals surface area (Å²) in [7, 11) is 0. The molecule has 0 N–H and O–H groups in total. The van der Waals surface area contributed by atoms with Crippen LogP contribution in [-0.2, 0) is 9.47 Å². The molecule has 4 unspecified atom stereocenters. The van der Waals surface area contributed by atoms with Crippen molar-refractivity contribution in [1.29, 1.82) is 0 Å². The summed E-state index contributed by atoms with van der Waals surface area (Å²) in [6.07, 6.45) is 14.9. The lowest BCUT2D eigenvalue weighted by Gasteiger charge is -2.58. The zero-order valence-electron chi connectivity index (χ0n) is 26.9. The standard InChI is InChI=1S/C36H51I3O4/c1-21(2)8-7-9-22(3)28-12-13-29-27-11-10-24-18-26(14-16-35(24,5)30(27)15-17-36(28,29)6)43-34(40)42-23(4)41-33-31(38)19-25(37)20-32(33)39/h10,19-23,26-30H,7-9,11-18H2,1-6H3/t22-,23?,26+,27?,28-,29?,30?,35+,36-/m1/s1. The molecule has 0 aromatic heterocycles. The molecule has 0 radical (unpaired) electrons. The maximum absolute atomic E-state index is 12.8. The highest BCUT2D eigenvalue weighted by atomic mass is 127. The van der Waals surface area contributed by atoms with E-state index in [1.54, 1.807) is 6.92 Å². The van der Waals surface area contributed by atoms with Gasteiger partial charge in [-0.2, -0.15) is 0 Å². The molecule has 0 heterocycles. The second-order valence-corrected chi connectivity index (χ2v) is 18.6. The summed E-state index contributed by atoms with van der Waals surface area (Å²) >= 11 is 6.82. The minimum Gasteiger partial charge on any atom is -0.453 e. The van der Waals surface area contributed by atoms with Gasteiger partial charge in [-0.1, -0.05) is 65.5 Å². The molecule has 0 aliphatic heterocycles. The molecule has 7 heteroatoms. The molecule has 3 saturated carbocycles. The van der Waals surface area contributed by atoms with Crippen LogP contribution in [-0.4, -0.2) is 18.5 Å². The number of carbonyl (C=O) groups excluding carboxylic acids is 1. The Bertz CT molecular complexity index is 1180. The van der Waals surface area contributed by atoms with Crippen molar-refractivity contribution in [3.05, 3.63) is 34.5 Å². The Kier molecular flexibility index (Phi) is 11.4. The van der Waals surface area contributed by atoms with Crippen LogP contribution in [0.3, 0.4) is 0 Å². The fourth-order valence-electron chi connectivity index (χ4n) is 9.88. The molecule has 0 bridgehead atoms. The fraction of sp³-hybridized carbons (Fsp3) is 0.750. The van der Waals surface area contributed by atoms with Crippen molar-refractivity contribution in [1.82, 2.24) is 0 Å². The predicted molar refractivity (Wildman–Crippen MR) is 199 cm³/mol. The van der Waals surface area contributed by atoms with E-state index in [4.69, 9.17) is 14.2 Å². The van der Waals surface area contributed by atoms with E-state index in [1.165, 1.54) is 56.9 Å². The summed E-state index contributed by atoms with van der Waals surface area (Å²) in [5, 5.41) is 0. The minimum atomic E-state index is -0.720. The summed E-state index contributed by atoms with van der Waals surface area (Å²) < 4.78 is 20.6. The van der Waals surface area contributed by atoms with Crippen molar-refractivity contribution in [3.63, 3.8) is 0 Å². The predicted octanol–water partition coefficient (Wildman–Crippen LogP) is 11.8. The van der Waals surface area contributed by atoms with Crippen molar-refractivity contribution in [3.8, 4) is 5.75 Å². The highest BCUT2D eigenvalue weighted by molar-refractivity contribution is 14.1. The minimum absolute atomic E-state index is 0.120. The maximum atomic E-state index is 12.8. The van der Waals surface area contributed by atoms with Crippen molar-refractivity contribution >= 4 is 73.9 Å². The van der Waals surface area contributed by atoms with Gasteiger partial charge in [-0.3, -0.25) is 0 Å². The first-order chi connectivity index (χ1) is 20.3. The van der Waals surface area contributed by atoms with Crippen LogP contribution < -0.4 is 4.74 Å². The Hall–Kier alpha value is 0.220. The van der Waals surface area contributed by atoms with Gasteiger partial charge in [0.2, 0.25) is 6.29 Å². The van der Waals surface area contributed by atoms with Gasteiger partial charge < -0.3 is 14.2 Å². The van der Waals surface area contributed by atoms with Crippen LogP contribution >= 0.6 is 67.8 Å². The van der Waals surface area contributed by atoms with E-state index in [0.717, 1.165) is 71.2 Å². The average Bonchev–Trinajstić information content (AvgIpc) is 3.28. The molecule has 0 amide bonds. The smallest absolute Gasteiger partial charge is 0.453 e. The molecule has 3 fully saturated rings. The van der Waals surface area contributed by atoms with Crippen LogP contribution in [0.25, 0.3) is 0 Å². The quantitative estimate of drug-likeness (QED) is 0.107. The zero-order chi connectivity index (χ0) is 31.1. The first-order valence-corrected chi connectivity index (χ1v) is 19.9. The van der Waals surface area contributed by atoms with Gasteiger partial charge in [0, 0.05) is 16.9 Å². The number of allylic oxidation sites excluding steroid dienone is 1. The van der Waals surface area contributed by atoms with E-state index >= 15 is 0 Å². The Morgan fingerprint density at radius 3 is 2.37 bits per heavy atom. The molecule has 0 spiro atoms. The van der Waals surface area contributed by atoms with Crippen LogP contribution in [0.4, 0.5) is 4.79 Å². The number of ether oxygens (including phenoxy) is 3. The molecule has 240 valence electrons. The van der Waals surface area contributed by atoms with Crippen LogP contribution in [0.5, 0.6) is 5.75 Å². The molecular weight excluding hydrogens is 877 g/mol. The Morgan fingerprint density at radius 2 is 1.67 bits per heavy atom. The van der Waals surface area contributed by atoms with Gasteiger partial charge in [-0.05, 0) is 171 Å². The lowest BCUT2D eigenvalue weighted by molar-refractivity contribution is -0.0805. The average molecular weight is 929 g/mol. The number of hydrogen-bond acceptors (Lipinski definition) is 4. The van der Waals surface area contributed by atoms with Gasteiger partial charge in [0.25, 0.3) is 0 Å². The third-order valence-corrected chi connectivity index (χ3v) is 14.3. The van der Waals surface area contributed by atoms with Gasteiger partial charge in [-0.25, -0.2) is 4.79 Å². The monoisotopic (exact) mass is 928 g/mol. The molecule has 1 aromatic carbocycles. The number of hydrogen-bond donors (Lipinski definition) is 0. The van der Waals surface area contributed by atoms with Gasteiger partial charge >= 0.3 is 6.16 Å². The van der Waals surface area contributed by atoms with E-state index in [0.29, 0.717) is 5.41 Å². The Labute approximate surface area is 301 Å². The molecule has 4 aliphatic carbocycles. The molecule has 5 rings (SSSR count).